The summed E-state index contributed by atoms with van der Waals surface area (Å²) >= 11 is 0. The van der Waals surface area contributed by atoms with Crippen molar-refractivity contribution in [1.29, 1.82) is 0 Å². The summed E-state index contributed by atoms with van der Waals surface area (Å²) in [7, 11) is -4.16. The van der Waals surface area contributed by atoms with Gasteiger partial charge >= 0.3 is 0 Å². The zero-order valence-electron chi connectivity index (χ0n) is 11.4. The Kier molecular flexibility index (Phi) is 4.86. The minimum atomic E-state index is -4.16. The largest absolute Gasteiger partial charge is 0.320 e. The molecule has 1 rings (SSSR count). The highest BCUT2D eigenvalue weighted by molar-refractivity contribution is 7.89. The van der Waals surface area contributed by atoms with Gasteiger partial charge in [0.2, 0.25) is 10.0 Å². The van der Waals surface area contributed by atoms with Crippen LogP contribution in [0.4, 0.5) is 8.78 Å². The molecule has 0 unspecified atom stereocenters. The van der Waals surface area contributed by atoms with Crippen LogP contribution >= 0.6 is 0 Å². The van der Waals surface area contributed by atoms with E-state index in [0.29, 0.717) is 6.07 Å². The molecular formula is C13H16F2N2O2S. The van der Waals surface area contributed by atoms with E-state index in [1.54, 1.807) is 20.8 Å². The molecule has 0 saturated carbocycles. The Morgan fingerprint density at radius 2 is 1.90 bits per heavy atom. The van der Waals surface area contributed by atoms with Gasteiger partial charge in [0, 0.05) is 11.6 Å². The van der Waals surface area contributed by atoms with E-state index in [1.807, 2.05) is 0 Å². The van der Waals surface area contributed by atoms with Crippen molar-refractivity contribution in [2.45, 2.75) is 31.2 Å². The first-order chi connectivity index (χ1) is 9.07. The van der Waals surface area contributed by atoms with Crippen molar-refractivity contribution in [3.8, 4) is 11.8 Å². The van der Waals surface area contributed by atoms with E-state index in [9.17, 15) is 17.2 Å². The number of hydrogen-bond acceptors (Lipinski definition) is 3. The monoisotopic (exact) mass is 302 g/mol. The van der Waals surface area contributed by atoms with Crippen LogP contribution in [0.5, 0.6) is 0 Å². The first-order valence-electron chi connectivity index (χ1n) is 5.79. The lowest BCUT2D eigenvalue weighted by Gasteiger charge is -2.21. The molecule has 0 amide bonds. The lowest BCUT2D eigenvalue weighted by atomic mass is 10.1. The van der Waals surface area contributed by atoms with Gasteiger partial charge in [-0.3, -0.25) is 0 Å². The molecule has 0 bridgehead atoms. The number of halogens is 2. The van der Waals surface area contributed by atoms with Crippen molar-refractivity contribution in [3.63, 3.8) is 0 Å². The van der Waals surface area contributed by atoms with Crippen molar-refractivity contribution in [3.05, 3.63) is 29.3 Å². The zero-order valence-corrected chi connectivity index (χ0v) is 12.2. The SMILES string of the molecule is CC(C)(C)NS(=O)(=O)c1c(F)cc(F)cc1C#CCN. The zero-order chi connectivity index (χ0) is 15.6. The third-order valence-electron chi connectivity index (χ3n) is 2.04. The van der Waals surface area contributed by atoms with Gasteiger partial charge in [-0.05, 0) is 26.8 Å². The number of rotatable bonds is 2. The van der Waals surface area contributed by atoms with Gasteiger partial charge in [-0.15, -0.1) is 0 Å². The summed E-state index contributed by atoms with van der Waals surface area (Å²) in [5.74, 6) is 2.66. The molecule has 110 valence electrons. The van der Waals surface area contributed by atoms with E-state index in [2.05, 4.69) is 16.6 Å². The molecule has 1 aromatic rings. The van der Waals surface area contributed by atoms with E-state index in [4.69, 9.17) is 5.73 Å². The Balaban J connectivity index is 3.51. The fourth-order valence-corrected chi connectivity index (χ4v) is 3.15. The standard InChI is InChI=1S/C13H16F2N2O2S/c1-13(2,3)17-20(18,19)12-9(5-4-6-16)7-10(14)8-11(12)15/h7-8,17H,6,16H2,1-3H3. The molecule has 0 aliphatic heterocycles. The molecule has 0 heterocycles. The number of nitrogens with one attached hydrogen (secondary N) is 1. The molecule has 0 saturated heterocycles. The third kappa shape index (κ3) is 4.27. The summed E-state index contributed by atoms with van der Waals surface area (Å²) in [6.45, 7) is 4.77. The van der Waals surface area contributed by atoms with Crippen molar-refractivity contribution in [2.75, 3.05) is 6.54 Å². The minimum Gasteiger partial charge on any atom is -0.320 e. The molecule has 1 aromatic carbocycles. The van der Waals surface area contributed by atoms with Crippen molar-refractivity contribution < 1.29 is 17.2 Å². The highest BCUT2D eigenvalue weighted by atomic mass is 32.2. The van der Waals surface area contributed by atoms with Crippen LogP contribution < -0.4 is 10.5 Å². The highest BCUT2D eigenvalue weighted by Gasteiger charge is 2.28. The van der Waals surface area contributed by atoms with Crippen LogP contribution in [0.1, 0.15) is 26.3 Å². The normalized spacial score (nSPS) is 11.9. The number of hydrogen-bond donors (Lipinski definition) is 2. The van der Waals surface area contributed by atoms with Crippen molar-refractivity contribution >= 4 is 10.0 Å². The van der Waals surface area contributed by atoms with Gasteiger partial charge < -0.3 is 5.73 Å². The molecule has 0 aliphatic rings. The second-order valence-corrected chi connectivity index (χ2v) is 6.74. The fourth-order valence-electron chi connectivity index (χ4n) is 1.53. The Morgan fingerprint density at radius 1 is 1.30 bits per heavy atom. The lowest BCUT2D eigenvalue weighted by molar-refractivity contribution is 0.484. The molecule has 20 heavy (non-hydrogen) atoms. The third-order valence-corrected chi connectivity index (χ3v) is 3.88. The molecule has 0 fully saturated rings. The van der Waals surface area contributed by atoms with E-state index < -0.39 is 32.1 Å². The van der Waals surface area contributed by atoms with Gasteiger partial charge in [0.25, 0.3) is 0 Å². The second-order valence-electron chi connectivity index (χ2n) is 5.13. The Hall–Kier alpha value is -1.49. The van der Waals surface area contributed by atoms with Gasteiger partial charge in [0.1, 0.15) is 16.5 Å². The summed E-state index contributed by atoms with van der Waals surface area (Å²) in [4.78, 5) is -0.672. The molecule has 7 heteroatoms. The predicted octanol–water partition coefficient (Wildman–Crippen LogP) is 1.35. The molecular weight excluding hydrogens is 286 g/mol. The van der Waals surface area contributed by atoms with Crippen molar-refractivity contribution in [1.82, 2.24) is 4.72 Å². The molecule has 0 aromatic heterocycles. The quantitative estimate of drug-likeness (QED) is 0.810. The van der Waals surface area contributed by atoms with Crippen LogP contribution in [-0.2, 0) is 10.0 Å². The first-order valence-corrected chi connectivity index (χ1v) is 7.27. The van der Waals surface area contributed by atoms with E-state index >= 15 is 0 Å². The van der Waals surface area contributed by atoms with Crippen LogP contribution in [0, 0.1) is 23.5 Å². The molecule has 0 atom stereocenters. The second kappa shape index (κ2) is 5.87. The number of sulfonamides is 1. The maximum Gasteiger partial charge on any atom is 0.245 e. The van der Waals surface area contributed by atoms with Gasteiger partial charge in [-0.25, -0.2) is 21.9 Å². The molecule has 3 N–H and O–H groups in total. The number of nitrogens with two attached hydrogens (primary N) is 1. The molecule has 0 aliphatic carbocycles. The maximum absolute atomic E-state index is 13.9. The fraction of sp³-hybridized carbons (Fsp3) is 0.385. The van der Waals surface area contributed by atoms with E-state index in [-0.39, 0.29) is 12.1 Å². The summed E-state index contributed by atoms with van der Waals surface area (Å²) in [5, 5.41) is 0. The van der Waals surface area contributed by atoms with Crippen molar-refractivity contribution in [2.24, 2.45) is 5.73 Å². The van der Waals surface area contributed by atoms with Crippen LogP contribution in [0.25, 0.3) is 0 Å². The van der Waals surface area contributed by atoms with E-state index in [0.717, 1.165) is 6.07 Å². The smallest absolute Gasteiger partial charge is 0.245 e. The summed E-state index contributed by atoms with van der Waals surface area (Å²) in [5.41, 5.74) is 4.12. The highest BCUT2D eigenvalue weighted by Crippen LogP contribution is 2.22. The summed E-state index contributed by atoms with van der Waals surface area (Å²) in [6.07, 6.45) is 0. The van der Waals surface area contributed by atoms with Crippen LogP contribution in [0.15, 0.2) is 17.0 Å². The van der Waals surface area contributed by atoms with Gasteiger partial charge in [-0.1, -0.05) is 11.8 Å². The minimum absolute atomic E-state index is 0.0513. The predicted molar refractivity (Wildman–Crippen MR) is 72.4 cm³/mol. The van der Waals surface area contributed by atoms with Crippen LogP contribution in [0.2, 0.25) is 0 Å². The topological polar surface area (TPSA) is 72.2 Å². The molecule has 0 spiro atoms. The van der Waals surface area contributed by atoms with E-state index in [1.165, 1.54) is 0 Å². The van der Waals surface area contributed by atoms with Crippen LogP contribution in [-0.4, -0.2) is 20.5 Å². The Morgan fingerprint density at radius 3 is 2.40 bits per heavy atom. The molecule has 4 nitrogen and oxygen atoms in total. The average molecular weight is 302 g/mol. The van der Waals surface area contributed by atoms with Gasteiger partial charge in [0.15, 0.2) is 0 Å². The van der Waals surface area contributed by atoms with Gasteiger partial charge in [0.05, 0.1) is 12.1 Å². The van der Waals surface area contributed by atoms with Gasteiger partial charge in [-0.2, -0.15) is 0 Å². The maximum atomic E-state index is 13.9. The summed E-state index contributed by atoms with van der Waals surface area (Å²) < 4.78 is 53.7. The first kappa shape index (κ1) is 16.6. The lowest BCUT2D eigenvalue weighted by Crippen LogP contribution is -2.41. The summed E-state index contributed by atoms with van der Waals surface area (Å²) in [6, 6.07) is 1.37. The average Bonchev–Trinajstić information content (AvgIpc) is 2.21. The Bertz CT molecular complexity index is 668. The van der Waals surface area contributed by atoms with Crippen LogP contribution in [0.3, 0.4) is 0 Å². The Labute approximate surface area is 117 Å². The number of benzene rings is 1. The molecule has 0 radical (unpaired) electrons.